The summed E-state index contributed by atoms with van der Waals surface area (Å²) >= 11 is 5.91. The van der Waals surface area contributed by atoms with Crippen LogP contribution in [0.25, 0.3) is 0 Å². The molecule has 0 heterocycles. The molecule has 1 rings (SSSR count). The van der Waals surface area contributed by atoms with Crippen molar-refractivity contribution in [2.45, 2.75) is 31.7 Å². The third-order valence-corrected chi connectivity index (χ3v) is 4.86. The van der Waals surface area contributed by atoms with Crippen LogP contribution in [-0.2, 0) is 10.0 Å². The molecule has 0 aliphatic heterocycles. The third kappa shape index (κ3) is 3.45. The van der Waals surface area contributed by atoms with Gasteiger partial charge in [-0.05, 0) is 30.5 Å². The molecule has 0 spiro atoms. The summed E-state index contributed by atoms with van der Waals surface area (Å²) in [5.41, 5.74) is 0.507. The quantitative estimate of drug-likeness (QED) is 0.871. The minimum atomic E-state index is -3.66. The molecule has 0 saturated heterocycles. The van der Waals surface area contributed by atoms with Crippen molar-refractivity contribution in [1.82, 2.24) is 4.72 Å². The lowest BCUT2D eigenvalue weighted by atomic mass is 10.1. The molecule has 1 aromatic rings. The molecule has 1 atom stereocenters. The van der Waals surface area contributed by atoms with Crippen molar-refractivity contribution < 1.29 is 13.5 Å². The maximum atomic E-state index is 12.2. The van der Waals surface area contributed by atoms with Crippen molar-refractivity contribution in [2.24, 2.45) is 5.92 Å². The summed E-state index contributed by atoms with van der Waals surface area (Å²) in [5, 5.41) is 9.58. The third-order valence-electron chi connectivity index (χ3n) is 2.82. The Kier molecular flexibility index (Phi) is 5.16. The number of hydrogen-bond acceptors (Lipinski definition) is 3. The average molecular weight is 292 g/mol. The Labute approximate surface area is 113 Å². The van der Waals surface area contributed by atoms with E-state index in [-0.39, 0.29) is 17.4 Å². The van der Waals surface area contributed by atoms with E-state index in [0.717, 1.165) is 0 Å². The number of sulfonamides is 1. The minimum absolute atomic E-state index is 0.00395. The zero-order valence-electron chi connectivity index (χ0n) is 10.6. The lowest BCUT2D eigenvalue weighted by Crippen LogP contribution is -2.41. The molecule has 2 N–H and O–H groups in total. The normalized spacial score (nSPS) is 13.9. The molecule has 0 bridgehead atoms. The first-order chi connectivity index (χ1) is 8.29. The highest BCUT2D eigenvalue weighted by Gasteiger charge is 2.23. The largest absolute Gasteiger partial charge is 0.395 e. The number of nitrogens with one attached hydrogen (secondary N) is 1. The summed E-state index contributed by atoms with van der Waals surface area (Å²) in [4.78, 5) is 0.147. The van der Waals surface area contributed by atoms with Crippen LogP contribution < -0.4 is 4.72 Å². The van der Waals surface area contributed by atoms with E-state index in [1.807, 2.05) is 13.8 Å². The van der Waals surface area contributed by atoms with E-state index in [1.165, 1.54) is 6.07 Å². The predicted octanol–water partition coefficient (Wildman–Crippen LogP) is 1.94. The van der Waals surface area contributed by atoms with Crippen LogP contribution in [0.3, 0.4) is 0 Å². The van der Waals surface area contributed by atoms with E-state index in [1.54, 1.807) is 19.1 Å². The Morgan fingerprint density at radius 3 is 2.50 bits per heavy atom. The monoisotopic (exact) mass is 291 g/mol. The van der Waals surface area contributed by atoms with Gasteiger partial charge in [0.2, 0.25) is 10.0 Å². The van der Waals surface area contributed by atoms with Crippen molar-refractivity contribution in [3.05, 3.63) is 28.8 Å². The summed E-state index contributed by atoms with van der Waals surface area (Å²) in [7, 11) is -3.66. The highest BCUT2D eigenvalue weighted by Crippen LogP contribution is 2.23. The summed E-state index contributed by atoms with van der Waals surface area (Å²) in [5.74, 6) is 0.00395. The molecular weight excluding hydrogens is 274 g/mol. The Morgan fingerprint density at radius 1 is 1.39 bits per heavy atom. The van der Waals surface area contributed by atoms with Crippen molar-refractivity contribution >= 4 is 21.6 Å². The van der Waals surface area contributed by atoms with Crippen LogP contribution in [-0.4, -0.2) is 26.2 Å². The fourth-order valence-electron chi connectivity index (χ4n) is 1.53. The minimum Gasteiger partial charge on any atom is -0.395 e. The van der Waals surface area contributed by atoms with Crippen LogP contribution in [0.4, 0.5) is 0 Å². The van der Waals surface area contributed by atoms with Gasteiger partial charge in [0.25, 0.3) is 0 Å². The maximum absolute atomic E-state index is 12.2. The zero-order chi connectivity index (χ0) is 13.9. The second kappa shape index (κ2) is 6.02. The van der Waals surface area contributed by atoms with Gasteiger partial charge in [-0.25, -0.2) is 13.1 Å². The topological polar surface area (TPSA) is 66.4 Å². The Bertz CT molecular complexity index is 514. The van der Waals surface area contributed by atoms with Crippen LogP contribution in [0.2, 0.25) is 5.02 Å². The van der Waals surface area contributed by atoms with E-state index in [4.69, 9.17) is 11.6 Å². The van der Waals surface area contributed by atoms with Crippen molar-refractivity contribution in [1.29, 1.82) is 0 Å². The molecule has 0 aromatic heterocycles. The van der Waals surface area contributed by atoms with Gasteiger partial charge in [-0.15, -0.1) is 0 Å². The first-order valence-electron chi connectivity index (χ1n) is 5.68. The molecule has 102 valence electrons. The molecule has 1 aromatic carbocycles. The van der Waals surface area contributed by atoms with Crippen LogP contribution >= 0.6 is 11.6 Å². The van der Waals surface area contributed by atoms with Gasteiger partial charge in [-0.2, -0.15) is 0 Å². The number of rotatable bonds is 5. The van der Waals surface area contributed by atoms with E-state index in [2.05, 4.69) is 4.72 Å². The van der Waals surface area contributed by atoms with E-state index in [0.29, 0.717) is 10.6 Å². The fourth-order valence-corrected chi connectivity index (χ4v) is 3.40. The standard InChI is InChI=1S/C12H18ClNO3S/c1-8(2)11(7-15)14-18(16,17)12-6-4-5-10(13)9(12)3/h4-6,8,11,14-15H,7H2,1-3H3/t11-/m1/s1. The van der Waals surface area contributed by atoms with Crippen LogP contribution in [0.5, 0.6) is 0 Å². The van der Waals surface area contributed by atoms with Gasteiger partial charge >= 0.3 is 0 Å². The summed E-state index contributed by atoms with van der Waals surface area (Å²) in [6, 6.07) is 4.22. The molecule has 0 saturated carbocycles. The molecule has 0 aliphatic rings. The van der Waals surface area contributed by atoms with Crippen LogP contribution in [0.1, 0.15) is 19.4 Å². The van der Waals surface area contributed by atoms with Gasteiger partial charge in [-0.1, -0.05) is 31.5 Å². The zero-order valence-corrected chi connectivity index (χ0v) is 12.2. The van der Waals surface area contributed by atoms with Gasteiger partial charge < -0.3 is 5.11 Å². The van der Waals surface area contributed by atoms with E-state index < -0.39 is 16.1 Å². The molecule has 6 heteroatoms. The fraction of sp³-hybridized carbons (Fsp3) is 0.500. The maximum Gasteiger partial charge on any atom is 0.241 e. The number of hydrogen-bond donors (Lipinski definition) is 2. The van der Waals surface area contributed by atoms with Gasteiger partial charge in [0.1, 0.15) is 0 Å². The van der Waals surface area contributed by atoms with Gasteiger partial charge in [0.15, 0.2) is 0 Å². The Hall–Kier alpha value is -0.620. The molecule has 0 amide bonds. The highest BCUT2D eigenvalue weighted by atomic mass is 35.5. The van der Waals surface area contributed by atoms with Gasteiger partial charge in [-0.3, -0.25) is 0 Å². The molecule has 0 fully saturated rings. The molecule has 0 radical (unpaired) electrons. The van der Waals surface area contributed by atoms with E-state index in [9.17, 15) is 13.5 Å². The molecule has 0 unspecified atom stereocenters. The van der Waals surface area contributed by atoms with Gasteiger partial charge in [0, 0.05) is 11.1 Å². The summed E-state index contributed by atoms with van der Waals surface area (Å²) < 4.78 is 26.9. The predicted molar refractivity (Wildman–Crippen MR) is 72.2 cm³/mol. The molecule has 0 aliphatic carbocycles. The summed E-state index contributed by atoms with van der Waals surface area (Å²) in [6.45, 7) is 5.10. The van der Waals surface area contributed by atoms with E-state index >= 15 is 0 Å². The second-order valence-electron chi connectivity index (χ2n) is 4.52. The van der Waals surface area contributed by atoms with Gasteiger partial charge in [0.05, 0.1) is 11.5 Å². The average Bonchev–Trinajstić information content (AvgIpc) is 2.29. The van der Waals surface area contributed by atoms with Crippen molar-refractivity contribution in [2.75, 3.05) is 6.61 Å². The Morgan fingerprint density at radius 2 is 2.00 bits per heavy atom. The van der Waals surface area contributed by atoms with Crippen molar-refractivity contribution in [3.8, 4) is 0 Å². The first kappa shape index (κ1) is 15.4. The first-order valence-corrected chi connectivity index (χ1v) is 7.54. The molecular formula is C12H18ClNO3S. The highest BCUT2D eigenvalue weighted by molar-refractivity contribution is 7.89. The summed E-state index contributed by atoms with van der Waals surface area (Å²) in [6.07, 6.45) is 0. The number of aliphatic hydroxyl groups excluding tert-OH is 1. The SMILES string of the molecule is Cc1c(Cl)cccc1S(=O)(=O)N[C@H](CO)C(C)C. The second-order valence-corrected chi connectivity index (χ2v) is 6.61. The van der Waals surface area contributed by atoms with Crippen LogP contribution in [0, 0.1) is 12.8 Å². The number of aliphatic hydroxyl groups is 1. The van der Waals surface area contributed by atoms with Crippen molar-refractivity contribution in [3.63, 3.8) is 0 Å². The molecule has 4 nitrogen and oxygen atoms in total. The lowest BCUT2D eigenvalue weighted by Gasteiger charge is -2.20. The lowest BCUT2D eigenvalue weighted by molar-refractivity contribution is 0.227. The number of benzene rings is 1. The smallest absolute Gasteiger partial charge is 0.241 e. The van der Waals surface area contributed by atoms with Crippen LogP contribution in [0.15, 0.2) is 23.1 Å². The number of halogens is 1. The Balaban J connectivity index is 3.11. The molecule has 18 heavy (non-hydrogen) atoms.